The van der Waals surface area contributed by atoms with Crippen molar-refractivity contribution in [2.24, 2.45) is 5.92 Å². The Balaban J connectivity index is 1.55. The summed E-state index contributed by atoms with van der Waals surface area (Å²) in [5.41, 5.74) is 1.15. The van der Waals surface area contributed by atoms with Gasteiger partial charge in [-0.2, -0.15) is 0 Å². The van der Waals surface area contributed by atoms with Crippen molar-refractivity contribution in [1.82, 2.24) is 4.90 Å². The predicted molar refractivity (Wildman–Crippen MR) is 109 cm³/mol. The fourth-order valence-corrected chi connectivity index (χ4v) is 3.66. The van der Waals surface area contributed by atoms with Crippen LogP contribution in [-0.4, -0.2) is 41.0 Å². The third-order valence-electron chi connectivity index (χ3n) is 4.82. The van der Waals surface area contributed by atoms with E-state index in [2.05, 4.69) is 5.32 Å². The second-order valence-electron chi connectivity index (χ2n) is 6.59. The number of likely N-dealkylation sites (tertiary alicyclic amines) is 1. The van der Waals surface area contributed by atoms with Crippen LogP contribution in [0.25, 0.3) is 0 Å². The molecule has 2 aromatic rings. The number of piperidine rings is 1. The first-order valence-corrected chi connectivity index (χ1v) is 10.2. The number of benzene rings is 2. The average Bonchev–Trinajstić information content (AvgIpc) is 2.73. The highest BCUT2D eigenvalue weighted by Crippen LogP contribution is 2.23. The summed E-state index contributed by atoms with van der Waals surface area (Å²) in [4.78, 5) is 38.1. The van der Waals surface area contributed by atoms with Gasteiger partial charge < -0.3 is 10.2 Å². The molecule has 0 bridgehead atoms. The van der Waals surface area contributed by atoms with Crippen molar-refractivity contribution in [3.63, 3.8) is 0 Å². The lowest BCUT2D eigenvalue weighted by molar-refractivity contribution is -0.384. The molecule has 8 heteroatoms. The molecule has 7 nitrogen and oxygen atoms in total. The minimum atomic E-state index is -0.493. The molecule has 0 atom stereocenters. The van der Waals surface area contributed by atoms with Gasteiger partial charge in [-0.15, -0.1) is 11.8 Å². The first-order valence-electron chi connectivity index (χ1n) is 8.96. The Morgan fingerprint density at radius 3 is 2.43 bits per heavy atom. The first-order chi connectivity index (χ1) is 13.5. The SMILES string of the molecule is CSc1cccc(NC(=O)C2CCN(C(=O)c3ccc([N+](=O)[O-])cc3)CC2)c1. The molecular weight excluding hydrogens is 378 g/mol. The van der Waals surface area contributed by atoms with Crippen LogP contribution in [0.5, 0.6) is 0 Å². The standard InChI is InChI=1S/C20H21N3O4S/c1-28-18-4-2-3-16(13-18)21-19(24)14-9-11-22(12-10-14)20(25)15-5-7-17(8-6-15)23(26)27/h2-8,13-14H,9-12H2,1H3,(H,21,24). The molecule has 0 aliphatic carbocycles. The monoisotopic (exact) mass is 399 g/mol. The van der Waals surface area contributed by atoms with Crippen LogP contribution in [0.4, 0.5) is 11.4 Å². The Morgan fingerprint density at radius 1 is 1.14 bits per heavy atom. The highest BCUT2D eigenvalue weighted by molar-refractivity contribution is 7.98. The van der Waals surface area contributed by atoms with Crippen LogP contribution in [0.3, 0.4) is 0 Å². The number of hydrogen-bond donors (Lipinski definition) is 1. The topological polar surface area (TPSA) is 92.6 Å². The second-order valence-corrected chi connectivity index (χ2v) is 7.47. The van der Waals surface area contributed by atoms with Crippen LogP contribution in [0.15, 0.2) is 53.4 Å². The molecule has 1 fully saturated rings. The van der Waals surface area contributed by atoms with Crippen molar-refractivity contribution in [1.29, 1.82) is 0 Å². The van der Waals surface area contributed by atoms with E-state index in [9.17, 15) is 19.7 Å². The van der Waals surface area contributed by atoms with Crippen LogP contribution < -0.4 is 5.32 Å². The summed E-state index contributed by atoms with van der Waals surface area (Å²) >= 11 is 1.62. The van der Waals surface area contributed by atoms with Crippen LogP contribution >= 0.6 is 11.8 Å². The van der Waals surface area contributed by atoms with E-state index in [0.29, 0.717) is 31.5 Å². The van der Waals surface area contributed by atoms with Gasteiger partial charge in [0.25, 0.3) is 11.6 Å². The van der Waals surface area contributed by atoms with Gasteiger partial charge in [0.2, 0.25) is 5.91 Å². The Labute approximate surface area is 167 Å². The second kappa shape index (κ2) is 8.88. The minimum Gasteiger partial charge on any atom is -0.339 e. The van der Waals surface area contributed by atoms with Crippen LogP contribution in [0, 0.1) is 16.0 Å². The van der Waals surface area contributed by atoms with E-state index < -0.39 is 4.92 Å². The number of thioether (sulfide) groups is 1. The number of nitro benzene ring substituents is 1. The maximum Gasteiger partial charge on any atom is 0.269 e. The summed E-state index contributed by atoms with van der Waals surface area (Å²) in [6, 6.07) is 13.3. The zero-order valence-corrected chi connectivity index (χ0v) is 16.3. The minimum absolute atomic E-state index is 0.0271. The van der Waals surface area contributed by atoms with Crippen molar-refractivity contribution in [3.05, 3.63) is 64.2 Å². The maximum atomic E-state index is 12.6. The van der Waals surface area contributed by atoms with Gasteiger partial charge in [-0.25, -0.2) is 0 Å². The Bertz CT molecular complexity index is 877. The van der Waals surface area contributed by atoms with Gasteiger partial charge in [-0.05, 0) is 49.4 Å². The van der Waals surface area contributed by atoms with Crippen LogP contribution in [0.1, 0.15) is 23.2 Å². The van der Waals surface area contributed by atoms with Crippen molar-refractivity contribution in [2.45, 2.75) is 17.7 Å². The number of nitrogens with zero attached hydrogens (tertiary/aromatic N) is 2. The summed E-state index contributed by atoms with van der Waals surface area (Å²) in [5.74, 6) is -0.332. The van der Waals surface area contributed by atoms with E-state index in [4.69, 9.17) is 0 Å². The van der Waals surface area contributed by atoms with E-state index in [1.54, 1.807) is 16.7 Å². The lowest BCUT2D eigenvalue weighted by Crippen LogP contribution is -2.41. The van der Waals surface area contributed by atoms with Gasteiger partial charge in [0.1, 0.15) is 0 Å². The number of hydrogen-bond acceptors (Lipinski definition) is 5. The molecule has 0 saturated carbocycles. The number of carbonyl (C=O) groups is 2. The van der Waals surface area contributed by atoms with Gasteiger partial charge in [-0.1, -0.05) is 6.07 Å². The predicted octanol–water partition coefficient (Wildman–Crippen LogP) is 3.81. The molecule has 28 heavy (non-hydrogen) atoms. The summed E-state index contributed by atoms with van der Waals surface area (Å²) in [5, 5.41) is 13.7. The Hall–Kier alpha value is -2.87. The van der Waals surface area contributed by atoms with Crippen molar-refractivity contribution >= 4 is 35.0 Å². The highest BCUT2D eigenvalue weighted by atomic mass is 32.2. The van der Waals surface area contributed by atoms with E-state index in [0.717, 1.165) is 10.6 Å². The molecular formula is C20H21N3O4S. The molecule has 1 aliphatic heterocycles. The molecule has 0 unspecified atom stereocenters. The summed E-state index contributed by atoms with van der Waals surface area (Å²) in [7, 11) is 0. The third-order valence-corrected chi connectivity index (χ3v) is 5.54. The van der Waals surface area contributed by atoms with Crippen molar-refractivity contribution in [2.75, 3.05) is 24.7 Å². The maximum absolute atomic E-state index is 12.6. The largest absolute Gasteiger partial charge is 0.339 e. The Kier molecular flexibility index (Phi) is 6.30. The zero-order valence-electron chi connectivity index (χ0n) is 15.5. The number of nitro groups is 1. The molecule has 0 radical (unpaired) electrons. The van der Waals surface area contributed by atoms with E-state index in [-0.39, 0.29) is 23.4 Å². The quantitative estimate of drug-likeness (QED) is 0.469. The molecule has 2 aromatic carbocycles. The van der Waals surface area contributed by atoms with Crippen LogP contribution in [-0.2, 0) is 4.79 Å². The van der Waals surface area contributed by atoms with Gasteiger partial charge in [0.05, 0.1) is 4.92 Å². The number of non-ortho nitro benzene ring substituents is 1. The normalized spacial score (nSPS) is 14.5. The summed E-state index contributed by atoms with van der Waals surface area (Å²) < 4.78 is 0. The number of rotatable bonds is 5. The fraction of sp³-hybridized carbons (Fsp3) is 0.300. The summed E-state index contributed by atoms with van der Waals surface area (Å²) in [6.07, 6.45) is 3.16. The smallest absolute Gasteiger partial charge is 0.269 e. The molecule has 1 heterocycles. The Morgan fingerprint density at radius 2 is 1.82 bits per heavy atom. The lowest BCUT2D eigenvalue weighted by Gasteiger charge is -2.31. The molecule has 1 aliphatic rings. The van der Waals surface area contributed by atoms with Gasteiger partial charge in [0.15, 0.2) is 0 Å². The molecule has 1 N–H and O–H groups in total. The summed E-state index contributed by atoms with van der Waals surface area (Å²) in [6.45, 7) is 0.970. The van der Waals surface area contributed by atoms with E-state index in [1.165, 1.54) is 24.3 Å². The number of anilines is 1. The number of carbonyl (C=O) groups excluding carboxylic acids is 2. The first kappa shape index (κ1) is 19.9. The van der Waals surface area contributed by atoms with Crippen LogP contribution in [0.2, 0.25) is 0 Å². The fourth-order valence-electron chi connectivity index (χ4n) is 3.20. The van der Waals surface area contributed by atoms with E-state index in [1.807, 2.05) is 30.5 Å². The van der Waals surface area contributed by atoms with Crippen molar-refractivity contribution in [3.8, 4) is 0 Å². The van der Waals surface area contributed by atoms with Gasteiger partial charge in [0, 0.05) is 47.3 Å². The third kappa shape index (κ3) is 4.69. The highest BCUT2D eigenvalue weighted by Gasteiger charge is 2.28. The average molecular weight is 399 g/mol. The zero-order chi connectivity index (χ0) is 20.1. The molecule has 0 spiro atoms. The number of amides is 2. The molecule has 3 rings (SSSR count). The van der Waals surface area contributed by atoms with Crippen molar-refractivity contribution < 1.29 is 14.5 Å². The number of nitrogens with one attached hydrogen (secondary N) is 1. The molecule has 0 aromatic heterocycles. The van der Waals surface area contributed by atoms with Gasteiger partial charge >= 0.3 is 0 Å². The molecule has 1 saturated heterocycles. The lowest BCUT2D eigenvalue weighted by atomic mass is 9.95. The molecule has 2 amide bonds. The molecule has 146 valence electrons. The van der Waals surface area contributed by atoms with Gasteiger partial charge in [-0.3, -0.25) is 19.7 Å². The van der Waals surface area contributed by atoms with E-state index >= 15 is 0 Å².